The van der Waals surface area contributed by atoms with Gasteiger partial charge >= 0.3 is 0 Å². The van der Waals surface area contributed by atoms with E-state index in [2.05, 4.69) is 80.3 Å². The van der Waals surface area contributed by atoms with Gasteiger partial charge in [-0.05, 0) is 90.4 Å². The Kier molecular flexibility index (Phi) is 6.33. The van der Waals surface area contributed by atoms with Gasteiger partial charge in [0.15, 0.2) is 0 Å². The van der Waals surface area contributed by atoms with Crippen molar-refractivity contribution in [1.29, 1.82) is 0 Å². The van der Waals surface area contributed by atoms with E-state index in [1.54, 1.807) is 0 Å². The summed E-state index contributed by atoms with van der Waals surface area (Å²) >= 11 is 1.87. The predicted molar refractivity (Wildman–Crippen MR) is 119 cm³/mol. The second kappa shape index (κ2) is 8.25. The molecule has 1 aliphatic heterocycles. The maximum Gasteiger partial charge on any atom is 0.0695 e. The first-order valence-electron chi connectivity index (χ1n) is 10.5. The zero-order valence-corrected chi connectivity index (χ0v) is 19.2. The van der Waals surface area contributed by atoms with Crippen LogP contribution in [0.2, 0.25) is 0 Å². The summed E-state index contributed by atoms with van der Waals surface area (Å²) in [6, 6.07) is 8.79. The standard InChI is InChI=1S/C24H36N2OS/c1-7-27-23(5,6)24(13-12-21-9-8-16-28-21)14-15-26(18-24)22(3,4)20-11-10-19(2)25-17-20/h8-11,16-17H,7,12-15,18H2,1-6H3/t24-/m0/s1. The maximum absolute atomic E-state index is 6.33. The van der Waals surface area contributed by atoms with Crippen LogP contribution >= 0.6 is 11.3 Å². The number of aryl methyl sites for hydroxylation is 2. The third-order valence-electron chi connectivity index (χ3n) is 6.97. The Morgan fingerprint density at radius 1 is 1.21 bits per heavy atom. The highest BCUT2D eigenvalue weighted by molar-refractivity contribution is 7.09. The number of rotatable bonds is 8. The minimum Gasteiger partial charge on any atom is -0.375 e. The molecule has 1 saturated heterocycles. The van der Waals surface area contributed by atoms with Crippen LogP contribution in [0, 0.1) is 12.3 Å². The minimum atomic E-state index is -0.143. The summed E-state index contributed by atoms with van der Waals surface area (Å²) in [6.45, 7) is 16.4. The van der Waals surface area contributed by atoms with Crippen LogP contribution in [-0.2, 0) is 16.7 Å². The average Bonchev–Trinajstić information content (AvgIpc) is 3.31. The van der Waals surface area contributed by atoms with Gasteiger partial charge in [0.2, 0.25) is 0 Å². The SMILES string of the molecule is CCOC(C)(C)[C@@]1(CCc2cccs2)CCN(C(C)(C)c2ccc(C)nc2)C1. The molecule has 0 bridgehead atoms. The van der Waals surface area contributed by atoms with Gasteiger partial charge in [0, 0.05) is 40.9 Å². The second-order valence-electron chi connectivity index (χ2n) is 9.22. The number of ether oxygens (including phenoxy) is 1. The monoisotopic (exact) mass is 400 g/mol. The van der Waals surface area contributed by atoms with Crippen LogP contribution in [0.1, 0.15) is 63.6 Å². The molecule has 0 amide bonds. The van der Waals surface area contributed by atoms with E-state index in [9.17, 15) is 0 Å². The van der Waals surface area contributed by atoms with Gasteiger partial charge in [-0.25, -0.2) is 0 Å². The molecule has 1 aliphatic rings. The molecule has 0 aromatic carbocycles. The summed E-state index contributed by atoms with van der Waals surface area (Å²) in [4.78, 5) is 8.68. The number of thiophene rings is 1. The zero-order valence-electron chi connectivity index (χ0n) is 18.4. The third kappa shape index (κ3) is 4.19. The molecule has 0 aliphatic carbocycles. The minimum absolute atomic E-state index is 0.0341. The van der Waals surface area contributed by atoms with Crippen molar-refractivity contribution in [2.75, 3.05) is 19.7 Å². The molecule has 2 aromatic rings. The quantitative estimate of drug-likeness (QED) is 0.558. The summed E-state index contributed by atoms with van der Waals surface area (Å²) in [5, 5.41) is 2.18. The fourth-order valence-electron chi connectivity index (χ4n) is 4.69. The van der Waals surface area contributed by atoms with Crippen LogP contribution in [-0.4, -0.2) is 35.2 Å². The van der Waals surface area contributed by atoms with Gasteiger partial charge in [0.25, 0.3) is 0 Å². The van der Waals surface area contributed by atoms with Gasteiger partial charge < -0.3 is 4.74 Å². The second-order valence-corrected chi connectivity index (χ2v) is 10.3. The highest BCUT2D eigenvalue weighted by atomic mass is 32.1. The Morgan fingerprint density at radius 2 is 2.00 bits per heavy atom. The molecule has 0 N–H and O–H groups in total. The lowest BCUT2D eigenvalue weighted by Gasteiger charge is -2.46. The molecular formula is C24H36N2OS. The van der Waals surface area contributed by atoms with Crippen LogP contribution in [0.5, 0.6) is 0 Å². The van der Waals surface area contributed by atoms with Crippen LogP contribution < -0.4 is 0 Å². The van der Waals surface area contributed by atoms with Crippen molar-refractivity contribution in [3.8, 4) is 0 Å². The molecule has 28 heavy (non-hydrogen) atoms. The Hall–Kier alpha value is -1.23. The Labute approximate surface area is 175 Å². The third-order valence-corrected chi connectivity index (χ3v) is 7.91. The van der Waals surface area contributed by atoms with Crippen LogP contribution in [0.4, 0.5) is 0 Å². The lowest BCUT2D eigenvalue weighted by Crippen LogP contribution is -2.50. The summed E-state index contributed by atoms with van der Waals surface area (Å²) in [6.07, 6.45) is 5.52. The molecular weight excluding hydrogens is 364 g/mol. The average molecular weight is 401 g/mol. The number of hydrogen-bond donors (Lipinski definition) is 0. The number of pyridine rings is 1. The summed E-state index contributed by atoms with van der Waals surface area (Å²) < 4.78 is 6.33. The summed E-state index contributed by atoms with van der Waals surface area (Å²) in [5.41, 5.74) is 2.34. The molecule has 1 fully saturated rings. The fraction of sp³-hybridized carbons (Fsp3) is 0.625. The first-order chi connectivity index (χ1) is 13.2. The van der Waals surface area contributed by atoms with E-state index in [0.29, 0.717) is 0 Å². The van der Waals surface area contributed by atoms with Gasteiger partial charge in [0.05, 0.1) is 5.60 Å². The van der Waals surface area contributed by atoms with E-state index in [0.717, 1.165) is 31.8 Å². The van der Waals surface area contributed by atoms with Crippen molar-refractivity contribution < 1.29 is 4.74 Å². The molecule has 4 heteroatoms. The molecule has 0 saturated carbocycles. The molecule has 3 heterocycles. The Morgan fingerprint density at radius 3 is 2.61 bits per heavy atom. The highest BCUT2D eigenvalue weighted by Gasteiger charge is 2.52. The number of nitrogens with zero attached hydrogens (tertiary/aromatic N) is 2. The lowest BCUT2D eigenvalue weighted by molar-refractivity contribution is -0.109. The van der Waals surface area contributed by atoms with Crippen LogP contribution in [0.25, 0.3) is 0 Å². The van der Waals surface area contributed by atoms with Gasteiger partial charge in [0.1, 0.15) is 0 Å². The Bertz CT molecular complexity index is 751. The lowest BCUT2D eigenvalue weighted by atomic mass is 9.69. The van der Waals surface area contributed by atoms with E-state index < -0.39 is 0 Å². The fourth-order valence-corrected chi connectivity index (χ4v) is 5.40. The van der Waals surface area contributed by atoms with Gasteiger partial charge in [-0.1, -0.05) is 12.1 Å². The summed E-state index contributed by atoms with van der Waals surface area (Å²) in [5.74, 6) is 0. The van der Waals surface area contributed by atoms with Crippen molar-refractivity contribution in [2.24, 2.45) is 5.41 Å². The van der Waals surface area contributed by atoms with Crippen molar-refractivity contribution in [2.45, 2.75) is 71.9 Å². The van der Waals surface area contributed by atoms with Gasteiger partial charge in [-0.15, -0.1) is 11.3 Å². The number of hydrogen-bond acceptors (Lipinski definition) is 4. The number of aromatic nitrogens is 1. The van der Waals surface area contributed by atoms with E-state index >= 15 is 0 Å². The van der Waals surface area contributed by atoms with Crippen LogP contribution in [0.15, 0.2) is 35.8 Å². The molecule has 154 valence electrons. The van der Waals surface area contributed by atoms with E-state index in [1.807, 2.05) is 18.3 Å². The highest BCUT2D eigenvalue weighted by Crippen LogP contribution is 2.49. The van der Waals surface area contributed by atoms with Crippen molar-refractivity contribution >= 4 is 11.3 Å². The topological polar surface area (TPSA) is 25.4 Å². The van der Waals surface area contributed by atoms with E-state index in [1.165, 1.54) is 23.3 Å². The van der Waals surface area contributed by atoms with Crippen molar-refractivity contribution in [3.63, 3.8) is 0 Å². The molecule has 1 atom stereocenters. The normalized spacial score (nSPS) is 21.4. The molecule has 0 unspecified atom stereocenters. The van der Waals surface area contributed by atoms with E-state index in [4.69, 9.17) is 4.74 Å². The predicted octanol–water partition coefficient (Wildman–Crippen LogP) is 5.83. The van der Waals surface area contributed by atoms with Crippen molar-refractivity contribution in [1.82, 2.24) is 9.88 Å². The molecule has 3 nitrogen and oxygen atoms in total. The first-order valence-corrected chi connectivity index (χ1v) is 11.4. The summed E-state index contributed by atoms with van der Waals surface area (Å²) in [7, 11) is 0. The molecule has 3 rings (SSSR count). The van der Waals surface area contributed by atoms with Crippen LogP contribution in [0.3, 0.4) is 0 Å². The molecule has 2 aromatic heterocycles. The zero-order chi connectivity index (χ0) is 20.4. The molecule has 0 spiro atoms. The largest absolute Gasteiger partial charge is 0.375 e. The van der Waals surface area contributed by atoms with Gasteiger partial charge in [-0.3, -0.25) is 9.88 Å². The maximum atomic E-state index is 6.33. The van der Waals surface area contributed by atoms with E-state index in [-0.39, 0.29) is 16.6 Å². The van der Waals surface area contributed by atoms with Gasteiger partial charge in [-0.2, -0.15) is 0 Å². The molecule has 0 radical (unpaired) electrons. The first kappa shape index (κ1) is 21.5. The smallest absolute Gasteiger partial charge is 0.0695 e. The Balaban J connectivity index is 1.84. The van der Waals surface area contributed by atoms with Crippen molar-refractivity contribution in [3.05, 3.63) is 52.0 Å². The number of likely N-dealkylation sites (tertiary alicyclic amines) is 1.